The van der Waals surface area contributed by atoms with Gasteiger partial charge in [0.2, 0.25) is 0 Å². The summed E-state index contributed by atoms with van der Waals surface area (Å²) < 4.78 is 11.6. The zero-order chi connectivity index (χ0) is 38.9. The lowest BCUT2D eigenvalue weighted by Crippen LogP contribution is -2.43. The van der Waals surface area contributed by atoms with Crippen LogP contribution >= 0.6 is 0 Å². The molecule has 288 valence electrons. The molecule has 2 saturated carbocycles. The van der Waals surface area contributed by atoms with Crippen molar-refractivity contribution in [2.45, 2.75) is 109 Å². The Morgan fingerprint density at radius 3 is 2.05 bits per heavy atom. The molecule has 2 aliphatic carbocycles. The van der Waals surface area contributed by atoms with E-state index in [9.17, 15) is 9.59 Å². The summed E-state index contributed by atoms with van der Waals surface area (Å²) in [6.45, 7) is 11.5. The van der Waals surface area contributed by atoms with E-state index in [1.807, 2.05) is 52.6 Å². The smallest absolute Gasteiger partial charge is 0.411 e. The Hall–Kier alpha value is -5.44. The number of ether oxygens (including phenoxy) is 2. The van der Waals surface area contributed by atoms with E-state index < -0.39 is 11.2 Å². The lowest BCUT2D eigenvalue weighted by atomic mass is 9.95. The molecule has 2 aromatic heterocycles. The van der Waals surface area contributed by atoms with Crippen molar-refractivity contribution in [2.75, 3.05) is 0 Å². The van der Waals surface area contributed by atoms with Crippen LogP contribution in [0, 0.1) is 11.8 Å². The van der Waals surface area contributed by atoms with Crippen molar-refractivity contribution in [3.05, 3.63) is 96.7 Å². The average Bonchev–Trinajstić information content (AvgIpc) is 4.00. The molecule has 1 amide bonds. The molecule has 9 nitrogen and oxygen atoms in total. The number of aromatic amines is 2. The maximum Gasteiger partial charge on any atom is 0.411 e. The summed E-state index contributed by atoms with van der Waals surface area (Å²) >= 11 is 0. The normalized spacial score (nSPS) is 22.3. The van der Waals surface area contributed by atoms with E-state index in [1.165, 1.54) is 10.8 Å². The molecule has 6 aromatic rings. The molecule has 0 spiro atoms. The average molecular weight is 750 g/mol. The molecular formula is C47H51N5O4. The van der Waals surface area contributed by atoms with Gasteiger partial charge in [-0.2, -0.15) is 0 Å². The summed E-state index contributed by atoms with van der Waals surface area (Å²) in [7, 11) is 0. The molecule has 9 heteroatoms. The Labute approximate surface area is 328 Å². The predicted octanol–water partition coefficient (Wildman–Crippen LogP) is 11.1. The van der Waals surface area contributed by atoms with Crippen molar-refractivity contribution >= 4 is 33.9 Å². The number of likely N-dealkylation sites (tertiary alicyclic amines) is 1. The highest BCUT2D eigenvalue weighted by molar-refractivity contribution is 5.92. The summed E-state index contributed by atoms with van der Waals surface area (Å²) in [6, 6.07) is 28.3. The Balaban J connectivity index is 0.906. The lowest BCUT2D eigenvalue weighted by Gasteiger charge is -2.35. The molecule has 3 fully saturated rings. The second-order valence-corrected chi connectivity index (χ2v) is 18.1. The number of hydrogen-bond acceptors (Lipinski definition) is 6. The van der Waals surface area contributed by atoms with Crippen molar-refractivity contribution in [1.82, 2.24) is 24.8 Å². The molecular weight excluding hydrogens is 699 g/mol. The first-order valence-corrected chi connectivity index (χ1v) is 20.2. The number of carbonyl (C=O) groups excluding carboxylic acids is 2. The fourth-order valence-electron chi connectivity index (χ4n) is 9.33. The Morgan fingerprint density at radius 2 is 1.34 bits per heavy atom. The summed E-state index contributed by atoms with van der Waals surface area (Å²) in [5.41, 5.74) is 7.38. The van der Waals surface area contributed by atoms with Gasteiger partial charge < -0.3 is 19.4 Å². The second-order valence-electron chi connectivity index (χ2n) is 18.1. The number of benzene rings is 4. The molecule has 2 bridgehead atoms. The van der Waals surface area contributed by atoms with Crippen molar-refractivity contribution in [2.24, 2.45) is 11.8 Å². The van der Waals surface area contributed by atoms with Crippen LogP contribution in [0.5, 0.6) is 0 Å². The van der Waals surface area contributed by atoms with Crippen molar-refractivity contribution in [3.63, 3.8) is 0 Å². The first-order valence-electron chi connectivity index (χ1n) is 20.2. The molecule has 3 aliphatic rings. The topological polar surface area (TPSA) is 113 Å². The van der Waals surface area contributed by atoms with Crippen molar-refractivity contribution in [3.8, 4) is 33.5 Å². The standard InChI is InChI=1S/C47H51N5O4/c1-46(2,3)55-44(53)37-9-7-8-36(37)42-48-26-40(51-42)28-12-10-27(11-13-28)29-14-15-31-23-32(17-16-30(31)22-29)33-19-21-38-39(25-33)50-43(49-38)41-34-18-20-35(24-34)52(41)45(54)56-47(4,5)6/h10-17,19,21-23,25-26,34-37,41H,7-9,18,20,24H2,1-6H3,(H,48,51)(H,49,50)/t34-,35+,36+,37?,41-/m0/s1. The van der Waals surface area contributed by atoms with Gasteiger partial charge in [0.1, 0.15) is 22.9 Å². The number of nitrogens with one attached hydrogen (secondary N) is 2. The summed E-state index contributed by atoms with van der Waals surface area (Å²) in [5, 5.41) is 2.35. The monoisotopic (exact) mass is 749 g/mol. The van der Waals surface area contributed by atoms with Gasteiger partial charge in [0, 0.05) is 12.0 Å². The van der Waals surface area contributed by atoms with Crippen LogP contribution in [0.2, 0.25) is 0 Å². The number of hydrogen-bond donors (Lipinski definition) is 2. The number of esters is 1. The van der Waals surface area contributed by atoms with Crippen molar-refractivity contribution < 1.29 is 19.1 Å². The molecule has 1 saturated heterocycles. The maximum atomic E-state index is 13.3. The molecule has 1 aliphatic heterocycles. The van der Waals surface area contributed by atoms with E-state index in [4.69, 9.17) is 19.4 Å². The quantitative estimate of drug-likeness (QED) is 0.164. The number of imidazole rings is 2. The highest BCUT2D eigenvalue weighted by Crippen LogP contribution is 2.50. The van der Waals surface area contributed by atoms with Gasteiger partial charge in [-0.3, -0.25) is 9.69 Å². The highest BCUT2D eigenvalue weighted by Gasteiger charge is 2.51. The van der Waals surface area contributed by atoms with Gasteiger partial charge in [0.05, 0.1) is 34.9 Å². The van der Waals surface area contributed by atoms with Crippen LogP contribution in [-0.2, 0) is 14.3 Å². The van der Waals surface area contributed by atoms with E-state index >= 15 is 0 Å². The van der Waals surface area contributed by atoms with Gasteiger partial charge in [-0.1, -0.05) is 61.0 Å². The van der Waals surface area contributed by atoms with E-state index in [2.05, 4.69) is 88.8 Å². The number of fused-ring (bicyclic) bond motifs is 4. The van der Waals surface area contributed by atoms with Crippen LogP contribution in [0.25, 0.3) is 55.3 Å². The second kappa shape index (κ2) is 13.6. The fourth-order valence-corrected chi connectivity index (χ4v) is 9.33. The zero-order valence-corrected chi connectivity index (χ0v) is 33.2. The number of carbonyl (C=O) groups is 2. The van der Waals surface area contributed by atoms with Gasteiger partial charge in [0.15, 0.2) is 0 Å². The molecule has 2 N–H and O–H groups in total. The van der Waals surface area contributed by atoms with E-state index in [0.29, 0.717) is 5.92 Å². The number of amides is 1. The number of rotatable bonds is 6. The molecule has 56 heavy (non-hydrogen) atoms. The van der Waals surface area contributed by atoms with E-state index in [1.54, 1.807) is 0 Å². The fraction of sp³-hybridized carbons (Fsp3) is 0.404. The summed E-state index contributed by atoms with van der Waals surface area (Å²) in [5.74, 6) is 1.87. The Bertz CT molecular complexity index is 2450. The summed E-state index contributed by atoms with van der Waals surface area (Å²) in [4.78, 5) is 45.0. The molecule has 5 atom stereocenters. The van der Waals surface area contributed by atoms with Gasteiger partial charge in [0.25, 0.3) is 0 Å². The van der Waals surface area contributed by atoms with Gasteiger partial charge >= 0.3 is 12.1 Å². The third kappa shape index (κ3) is 6.97. The molecule has 1 unspecified atom stereocenters. The third-order valence-corrected chi connectivity index (χ3v) is 11.8. The van der Waals surface area contributed by atoms with Crippen LogP contribution in [0.15, 0.2) is 85.1 Å². The predicted molar refractivity (Wildman–Crippen MR) is 220 cm³/mol. The van der Waals surface area contributed by atoms with Crippen LogP contribution in [0.4, 0.5) is 4.79 Å². The maximum absolute atomic E-state index is 13.3. The number of aromatic nitrogens is 4. The number of nitrogens with zero attached hydrogens (tertiary/aromatic N) is 3. The van der Waals surface area contributed by atoms with Crippen LogP contribution in [-0.4, -0.2) is 54.1 Å². The van der Waals surface area contributed by atoms with E-state index in [0.717, 1.165) is 94.7 Å². The molecule has 4 aromatic carbocycles. The largest absolute Gasteiger partial charge is 0.460 e. The van der Waals surface area contributed by atoms with Crippen LogP contribution in [0.3, 0.4) is 0 Å². The first-order chi connectivity index (χ1) is 26.8. The highest BCUT2D eigenvalue weighted by atomic mass is 16.6. The minimum absolute atomic E-state index is 0.0487. The Morgan fingerprint density at radius 1 is 0.696 bits per heavy atom. The van der Waals surface area contributed by atoms with Crippen molar-refractivity contribution in [1.29, 1.82) is 0 Å². The lowest BCUT2D eigenvalue weighted by molar-refractivity contribution is -0.160. The van der Waals surface area contributed by atoms with Gasteiger partial charge in [-0.25, -0.2) is 14.8 Å². The molecule has 9 rings (SSSR count). The van der Waals surface area contributed by atoms with E-state index in [-0.39, 0.29) is 36.0 Å². The van der Waals surface area contributed by atoms with Gasteiger partial charge in [-0.05, 0) is 142 Å². The zero-order valence-electron chi connectivity index (χ0n) is 33.2. The number of piperidine rings is 1. The SMILES string of the molecule is CC(C)(C)OC(=O)C1CCC[C@H]1c1ncc(-c2ccc(-c3ccc4cc(-c5ccc6nc([C@@H]7[C@H]8CC[C@H](C8)N7C(=O)OC(C)(C)C)[nH]c6c5)ccc4c3)cc2)[nH]1. The van der Waals surface area contributed by atoms with Crippen LogP contribution in [0.1, 0.15) is 104 Å². The van der Waals surface area contributed by atoms with Gasteiger partial charge in [-0.15, -0.1) is 0 Å². The third-order valence-electron chi connectivity index (χ3n) is 11.8. The summed E-state index contributed by atoms with van der Waals surface area (Å²) in [6.07, 6.45) is 7.52. The minimum atomic E-state index is -0.543. The molecule has 3 heterocycles. The first kappa shape index (κ1) is 36.2. The minimum Gasteiger partial charge on any atom is -0.460 e. The Kier molecular flexibility index (Phi) is 8.82. The molecule has 0 radical (unpaired) electrons. The van der Waals surface area contributed by atoms with Crippen LogP contribution < -0.4 is 0 Å². The number of H-pyrrole nitrogens is 2.